The lowest BCUT2D eigenvalue weighted by Crippen LogP contribution is -2.39. The lowest BCUT2D eigenvalue weighted by Gasteiger charge is -2.27. The van der Waals surface area contributed by atoms with Gasteiger partial charge in [-0.15, -0.1) is 5.10 Å². The molecule has 0 spiro atoms. The number of carbonyl (C=O) groups is 2. The monoisotopic (exact) mass is 392 g/mol. The van der Waals surface area contributed by atoms with Crippen molar-refractivity contribution >= 4 is 27.5 Å². The minimum absolute atomic E-state index is 0.138. The fourth-order valence-electron chi connectivity index (χ4n) is 3.30. The standard InChI is InChI=1S/C15H20N8O3S/c1-10(24)20-27(2,26)12-8-17-22-7-6-21(9-11(12)22)14(25)13-18-15-16-4-3-5-23(15)19-13/h8H,3-7,9H2,1-2H3,(H,16,18,19). The van der Waals surface area contributed by atoms with Gasteiger partial charge in [-0.2, -0.15) is 14.4 Å². The maximum atomic E-state index is 12.9. The summed E-state index contributed by atoms with van der Waals surface area (Å²) < 4.78 is 20.0. The van der Waals surface area contributed by atoms with Gasteiger partial charge in [-0.05, 0) is 6.42 Å². The molecule has 0 saturated carbocycles. The third-order valence-electron chi connectivity index (χ3n) is 4.52. The van der Waals surface area contributed by atoms with Crippen LogP contribution in [0.1, 0.15) is 29.7 Å². The molecule has 2 amide bonds. The second-order valence-corrected chi connectivity index (χ2v) is 8.81. The molecule has 144 valence electrons. The van der Waals surface area contributed by atoms with Gasteiger partial charge < -0.3 is 10.2 Å². The van der Waals surface area contributed by atoms with Crippen LogP contribution in [0.25, 0.3) is 0 Å². The van der Waals surface area contributed by atoms with E-state index in [2.05, 4.69) is 24.9 Å². The van der Waals surface area contributed by atoms with Crippen molar-refractivity contribution in [1.82, 2.24) is 29.4 Å². The van der Waals surface area contributed by atoms with E-state index in [1.165, 1.54) is 19.4 Å². The molecule has 1 atom stereocenters. The molecule has 2 aromatic heterocycles. The summed E-state index contributed by atoms with van der Waals surface area (Å²) in [7, 11) is -2.91. The number of nitrogens with one attached hydrogen (secondary N) is 1. The highest BCUT2D eigenvalue weighted by atomic mass is 32.2. The SMILES string of the molecule is CC(=O)N=S(C)(=O)c1cnn2c1CN(C(=O)c1nc3n(n1)CCCN3)CC2. The molecule has 1 unspecified atom stereocenters. The molecule has 12 heteroatoms. The zero-order chi connectivity index (χ0) is 19.2. The van der Waals surface area contributed by atoms with Crippen LogP contribution in [-0.4, -0.2) is 64.8 Å². The number of nitrogens with zero attached hydrogens (tertiary/aromatic N) is 7. The Balaban J connectivity index is 1.62. The molecule has 1 N–H and O–H groups in total. The smallest absolute Gasteiger partial charge is 0.294 e. The van der Waals surface area contributed by atoms with Crippen molar-refractivity contribution in [3.8, 4) is 0 Å². The molecule has 0 bridgehead atoms. The van der Waals surface area contributed by atoms with E-state index >= 15 is 0 Å². The van der Waals surface area contributed by atoms with Crippen molar-refractivity contribution in [2.45, 2.75) is 37.9 Å². The first-order chi connectivity index (χ1) is 12.8. The number of amides is 2. The van der Waals surface area contributed by atoms with Crippen LogP contribution in [0.5, 0.6) is 0 Å². The summed E-state index contributed by atoms with van der Waals surface area (Å²) in [5.41, 5.74) is 0.620. The predicted octanol–water partition coefficient (Wildman–Crippen LogP) is -0.0506. The molecular formula is C15H20N8O3S. The van der Waals surface area contributed by atoms with E-state index in [1.54, 1.807) is 14.3 Å². The Morgan fingerprint density at radius 2 is 2.07 bits per heavy atom. The Hall–Kier alpha value is -2.76. The van der Waals surface area contributed by atoms with E-state index in [9.17, 15) is 13.8 Å². The Labute approximate surface area is 155 Å². The van der Waals surface area contributed by atoms with Crippen LogP contribution in [0.3, 0.4) is 0 Å². The van der Waals surface area contributed by atoms with E-state index in [-0.39, 0.29) is 18.3 Å². The minimum atomic E-state index is -2.91. The Kier molecular flexibility index (Phi) is 4.21. The molecule has 27 heavy (non-hydrogen) atoms. The van der Waals surface area contributed by atoms with Gasteiger partial charge in [0.25, 0.3) is 11.8 Å². The maximum absolute atomic E-state index is 12.9. The number of hydrogen-bond acceptors (Lipinski definition) is 7. The largest absolute Gasteiger partial charge is 0.354 e. The molecule has 11 nitrogen and oxygen atoms in total. The van der Waals surface area contributed by atoms with Gasteiger partial charge >= 0.3 is 0 Å². The summed E-state index contributed by atoms with van der Waals surface area (Å²) in [5, 5.41) is 11.6. The summed E-state index contributed by atoms with van der Waals surface area (Å²) in [4.78, 5) is 30.5. The maximum Gasteiger partial charge on any atom is 0.294 e. The fraction of sp³-hybridized carbons (Fsp3) is 0.533. The average molecular weight is 392 g/mol. The van der Waals surface area contributed by atoms with E-state index in [4.69, 9.17) is 0 Å². The number of fused-ring (bicyclic) bond motifs is 2. The molecule has 4 rings (SSSR count). The number of aryl methyl sites for hydroxylation is 1. The molecule has 0 aromatic carbocycles. The van der Waals surface area contributed by atoms with Crippen molar-refractivity contribution in [2.24, 2.45) is 4.36 Å². The summed E-state index contributed by atoms with van der Waals surface area (Å²) in [6.07, 6.45) is 3.81. The van der Waals surface area contributed by atoms with Crippen molar-refractivity contribution in [1.29, 1.82) is 0 Å². The highest BCUT2D eigenvalue weighted by Gasteiger charge is 2.30. The third-order valence-corrected chi connectivity index (χ3v) is 6.29. The molecular weight excluding hydrogens is 372 g/mol. The van der Waals surface area contributed by atoms with Gasteiger partial charge in [0, 0.05) is 32.8 Å². The number of hydrogen-bond donors (Lipinski definition) is 1. The molecule has 2 aliphatic rings. The summed E-state index contributed by atoms with van der Waals surface area (Å²) in [6.45, 7) is 3.91. The van der Waals surface area contributed by atoms with Gasteiger partial charge in [0.1, 0.15) is 0 Å². The molecule has 0 radical (unpaired) electrons. The Bertz CT molecular complexity index is 1020. The fourth-order valence-corrected chi connectivity index (χ4v) is 4.73. The zero-order valence-corrected chi connectivity index (χ0v) is 15.9. The van der Waals surface area contributed by atoms with Crippen LogP contribution >= 0.6 is 0 Å². The summed E-state index contributed by atoms with van der Waals surface area (Å²) in [6, 6.07) is 0. The second-order valence-electron chi connectivity index (χ2n) is 6.58. The molecule has 0 saturated heterocycles. The van der Waals surface area contributed by atoms with Gasteiger partial charge in [0.05, 0.1) is 39.6 Å². The molecule has 0 fully saturated rings. The number of carbonyl (C=O) groups excluding carboxylic acids is 2. The van der Waals surface area contributed by atoms with Crippen LogP contribution in [0.2, 0.25) is 0 Å². The Morgan fingerprint density at radius 3 is 2.81 bits per heavy atom. The Morgan fingerprint density at radius 1 is 1.26 bits per heavy atom. The minimum Gasteiger partial charge on any atom is -0.354 e. The van der Waals surface area contributed by atoms with Crippen LogP contribution in [0.4, 0.5) is 5.95 Å². The third kappa shape index (κ3) is 3.20. The highest BCUT2D eigenvalue weighted by molar-refractivity contribution is 7.93. The van der Waals surface area contributed by atoms with Gasteiger partial charge in [-0.3, -0.25) is 14.3 Å². The average Bonchev–Trinajstić information content (AvgIpc) is 3.23. The lowest BCUT2D eigenvalue weighted by molar-refractivity contribution is -0.115. The first kappa shape index (κ1) is 17.6. The number of anilines is 1. The molecule has 4 heterocycles. The van der Waals surface area contributed by atoms with Crippen molar-refractivity contribution < 1.29 is 13.8 Å². The first-order valence-corrected chi connectivity index (χ1v) is 10.5. The lowest BCUT2D eigenvalue weighted by atomic mass is 10.3. The quantitative estimate of drug-likeness (QED) is 0.759. The normalized spacial score (nSPS) is 18.1. The summed E-state index contributed by atoms with van der Waals surface area (Å²) >= 11 is 0. The van der Waals surface area contributed by atoms with Gasteiger partial charge in [-0.25, -0.2) is 8.89 Å². The van der Waals surface area contributed by atoms with Crippen LogP contribution in [-0.2, 0) is 34.2 Å². The first-order valence-electron chi connectivity index (χ1n) is 8.60. The number of aromatic nitrogens is 5. The van der Waals surface area contributed by atoms with Crippen LogP contribution < -0.4 is 5.32 Å². The van der Waals surface area contributed by atoms with Crippen molar-refractivity contribution in [3.05, 3.63) is 17.7 Å². The van der Waals surface area contributed by atoms with E-state index in [0.29, 0.717) is 29.6 Å². The van der Waals surface area contributed by atoms with E-state index in [0.717, 1.165) is 19.5 Å². The second kappa shape index (κ2) is 6.44. The summed E-state index contributed by atoms with van der Waals surface area (Å²) in [5.74, 6) is -0.0570. The van der Waals surface area contributed by atoms with Gasteiger partial charge in [-0.1, -0.05) is 0 Å². The van der Waals surface area contributed by atoms with Crippen LogP contribution in [0, 0.1) is 0 Å². The van der Waals surface area contributed by atoms with E-state index in [1.807, 2.05) is 0 Å². The highest BCUT2D eigenvalue weighted by Crippen LogP contribution is 2.23. The van der Waals surface area contributed by atoms with Gasteiger partial charge in [0.15, 0.2) is 0 Å². The number of rotatable bonds is 2. The topological polar surface area (TPSA) is 127 Å². The van der Waals surface area contributed by atoms with Crippen molar-refractivity contribution in [2.75, 3.05) is 24.7 Å². The van der Waals surface area contributed by atoms with Crippen LogP contribution in [0.15, 0.2) is 15.5 Å². The molecule has 0 aliphatic carbocycles. The zero-order valence-electron chi connectivity index (χ0n) is 15.1. The van der Waals surface area contributed by atoms with Crippen molar-refractivity contribution in [3.63, 3.8) is 0 Å². The molecule has 2 aliphatic heterocycles. The predicted molar refractivity (Wildman–Crippen MR) is 95.5 cm³/mol. The van der Waals surface area contributed by atoms with Gasteiger partial charge in [0.2, 0.25) is 11.8 Å². The molecule has 2 aromatic rings. The van der Waals surface area contributed by atoms with E-state index < -0.39 is 15.6 Å².